The molecule has 1 saturated heterocycles. The Morgan fingerprint density at radius 3 is 3.00 bits per heavy atom. The summed E-state index contributed by atoms with van der Waals surface area (Å²) in [7, 11) is 0. The van der Waals surface area contributed by atoms with Crippen LogP contribution >= 0.6 is 0 Å². The topological polar surface area (TPSA) is 45.2 Å². The lowest BCUT2D eigenvalue weighted by Gasteiger charge is -2.08. The molecular weight excluding hydrogens is 142 g/mol. The Kier molecular flexibility index (Phi) is 1.68. The molecule has 2 heterocycles. The highest BCUT2D eigenvalue weighted by Crippen LogP contribution is 2.23. The number of nitrogens with one attached hydrogen (secondary N) is 1. The standard InChI is InChI=1S/C8H11NO2/c10-8-5-11-4-6(8)7-2-1-3-9-7/h1-3,6,8-10H,4-5H2/t6-,8+/m0/s1. The van der Waals surface area contributed by atoms with E-state index in [0.717, 1.165) is 5.69 Å². The summed E-state index contributed by atoms with van der Waals surface area (Å²) in [6, 6.07) is 3.91. The van der Waals surface area contributed by atoms with E-state index in [0.29, 0.717) is 13.2 Å². The predicted octanol–water partition coefficient (Wildman–Crippen LogP) is 0.489. The highest BCUT2D eigenvalue weighted by Gasteiger charge is 2.27. The van der Waals surface area contributed by atoms with E-state index < -0.39 is 0 Å². The smallest absolute Gasteiger partial charge is 0.0878 e. The van der Waals surface area contributed by atoms with Crippen molar-refractivity contribution in [3.8, 4) is 0 Å². The first-order valence-corrected chi connectivity index (χ1v) is 3.77. The van der Waals surface area contributed by atoms with Crippen molar-refractivity contribution < 1.29 is 9.84 Å². The van der Waals surface area contributed by atoms with Gasteiger partial charge in [0, 0.05) is 11.9 Å². The second-order valence-electron chi connectivity index (χ2n) is 2.84. The molecule has 0 unspecified atom stereocenters. The molecule has 1 aliphatic rings. The van der Waals surface area contributed by atoms with Crippen LogP contribution in [0, 0.1) is 0 Å². The Morgan fingerprint density at radius 2 is 2.45 bits per heavy atom. The zero-order valence-electron chi connectivity index (χ0n) is 6.16. The third kappa shape index (κ3) is 1.17. The zero-order chi connectivity index (χ0) is 7.68. The molecule has 11 heavy (non-hydrogen) atoms. The summed E-state index contributed by atoms with van der Waals surface area (Å²) in [5.74, 6) is 0.144. The summed E-state index contributed by atoms with van der Waals surface area (Å²) < 4.78 is 5.12. The molecule has 0 radical (unpaired) electrons. The minimum absolute atomic E-state index is 0.144. The Hall–Kier alpha value is -0.800. The van der Waals surface area contributed by atoms with Crippen LogP contribution in [0.5, 0.6) is 0 Å². The van der Waals surface area contributed by atoms with Crippen LogP contribution in [0.1, 0.15) is 11.6 Å². The maximum absolute atomic E-state index is 9.42. The number of hydrogen-bond donors (Lipinski definition) is 2. The third-order valence-corrected chi connectivity index (χ3v) is 2.07. The van der Waals surface area contributed by atoms with Crippen molar-refractivity contribution in [2.45, 2.75) is 12.0 Å². The molecule has 0 aromatic carbocycles. The maximum atomic E-state index is 9.42. The van der Waals surface area contributed by atoms with E-state index in [1.165, 1.54) is 0 Å². The second kappa shape index (κ2) is 2.68. The summed E-state index contributed by atoms with van der Waals surface area (Å²) in [4.78, 5) is 3.07. The summed E-state index contributed by atoms with van der Waals surface area (Å²) in [5, 5.41) is 9.42. The Balaban J connectivity index is 2.16. The van der Waals surface area contributed by atoms with Crippen molar-refractivity contribution in [2.24, 2.45) is 0 Å². The van der Waals surface area contributed by atoms with Crippen LogP contribution < -0.4 is 0 Å². The van der Waals surface area contributed by atoms with Gasteiger partial charge >= 0.3 is 0 Å². The minimum atomic E-state index is -0.339. The molecule has 1 aliphatic heterocycles. The van der Waals surface area contributed by atoms with Crippen molar-refractivity contribution in [1.29, 1.82) is 0 Å². The van der Waals surface area contributed by atoms with Crippen molar-refractivity contribution in [3.05, 3.63) is 24.0 Å². The van der Waals surface area contributed by atoms with E-state index >= 15 is 0 Å². The molecule has 2 atom stereocenters. The van der Waals surface area contributed by atoms with E-state index in [9.17, 15) is 5.11 Å². The van der Waals surface area contributed by atoms with Gasteiger partial charge < -0.3 is 14.8 Å². The van der Waals surface area contributed by atoms with Gasteiger partial charge in [0.15, 0.2) is 0 Å². The SMILES string of the molecule is O[C@@H]1COC[C@H]1c1ccc[nH]1. The quantitative estimate of drug-likeness (QED) is 0.616. The van der Waals surface area contributed by atoms with E-state index in [4.69, 9.17) is 4.74 Å². The van der Waals surface area contributed by atoms with Crippen molar-refractivity contribution in [2.75, 3.05) is 13.2 Å². The fourth-order valence-electron chi connectivity index (χ4n) is 1.41. The maximum Gasteiger partial charge on any atom is 0.0878 e. The number of rotatable bonds is 1. The number of H-pyrrole nitrogens is 1. The fraction of sp³-hybridized carbons (Fsp3) is 0.500. The normalized spacial score (nSPS) is 31.0. The van der Waals surface area contributed by atoms with Gasteiger partial charge in [0.2, 0.25) is 0 Å². The van der Waals surface area contributed by atoms with Crippen molar-refractivity contribution >= 4 is 0 Å². The molecule has 0 aliphatic carbocycles. The lowest BCUT2D eigenvalue weighted by Crippen LogP contribution is -2.15. The van der Waals surface area contributed by atoms with Gasteiger partial charge in [-0.1, -0.05) is 0 Å². The van der Waals surface area contributed by atoms with Crippen molar-refractivity contribution in [3.63, 3.8) is 0 Å². The molecule has 0 spiro atoms. The van der Waals surface area contributed by atoms with E-state index in [2.05, 4.69) is 4.98 Å². The lowest BCUT2D eigenvalue weighted by molar-refractivity contribution is 0.124. The average molecular weight is 153 g/mol. The van der Waals surface area contributed by atoms with E-state index in [1.807, 2.05) is 18.3 Å². The van der Waals surface area contributed by atoms with Gasteiger partial charge in [0.05, 0.1) is 25.2 Å². The van der Waals surface area contributed by atoms with Crippen LogP contribution in [-0.4, -0.2) is 29.4 Å². The summed E-state index contributed by atoms with van der Waals surface area (Å²) in [6.07, 6.45) is 1.52. The zero-order valence-corrected chi connectivity index (χ0v) is 6.16. The molecular formula is C8H11NO2. The molecule has 1 aromatic rings. The molecule has 1 aromatic heterocycles. The highest BCUT2D eigenvalue weighted by molar-refractivity contribution is 5.13. The lowest BCUT2D eigenvalue weighted by atomic mass is 10.0. The monoisotopic (exact) mass is 153 g/mol. The average Bonchev–Trinajstić information content (AvgIpc) is 2.55. The second-order valence-corrected chi connectivity index (χ2v) is 2.84. The van der Waals surface area contributed by atoms with Crippen LogP contribution in [0.2, 0.25) is 0 Å². The van der Waals surface area contributed by atoms with Gasteiger partial charge in [-0.05, 0) is 12.1 Å². The van der Waals surface area contributed by atoms with Gasteiger partial charge in [0.25, 0.3) is 0 Å². The Bertz CT molecular complexity index is 220. The number of aliphatic hydroxyl groups is 1. The number of aromatic nitrogens is 1. The van der Waals surface area contributed by atoms with Crippen molar-refractivity contribution in [1.82, 2.24) is 4.98 Å². The number of ether oxygens (including phenoxy) is 1. The molecule has 60 valence electrons. The van der Waals surface area contributed by atoms with Crippen LogP contribution in [-0.2, 0) is 4.74 Å². The third-order valence-electron chi connectivity index (χ3n) is 2.07. The van der Waals surface area contributed by atoms with Gasteiger partial charge in [-0.2, -0.15) is 0 Å². The minimum Gasteiger partial charge on any atom is -0.390 e. The fourth-order valence-corrected chi connectivity index (χ4v) is 1.41. The molecule has 3 nitrogen and oxygen atoms in total. The Morgan fingerprint density at radius 1 is 1.55 bits per heavy atom. The number of aromatic amines is 1. The first kappa shape index (κ1) is 6.88. The predicted molar refractivity (Wildman–Crippen MR) is 40.4 cm³/mol. The summed E-state index contributed by atoms with van der Waals surface area (Å²) in [6.45, 7) is 1.09. The van der Waals surface area contributed by atoms with E-state index in [1.54, 1.807) is 0 Å². The summed E-state index contributed by atoms with van der Waals surface area (Å²) in [5.41, 5.74) is 1.06. The van der Waals surface area contributed by atoms with Crippen LogP contribution in [0.4, 0.5) is 0 Å². The molecule has 1 fully saturated rings. The van der Waals surface area contributed by atoms with Gasteiger partial charge in [-0.3, -0.25) is 0 Å². The molecule has 0 amide bonds. The highest BCUT2D eigenvalue weighted by atomic mass is 16.5. The first-order valence-electron chi connectivity index (χ1n) is 3.77. The largest absolute Gasteiger partial charge is 0.390 e. The first-order chi connectivity index (χ1) is 5.38. The van der Waals surface area contributed by atoms with Gasteiger partial charge in [0.1, 0.15) is 0 Å². The molecule has 3 heteroatoms. The Labute approximate surface area is 65.0 Å². The van der Waals surface area contributed by atoms with Crippen LogP contribution in [0.15, 0.2) is 18.3 Å². The summed E-state index contributed by atoms with van der Waals surface area (Å²) >= 11 is 0. The molecule has 0 bridgehead atoms. The van der Waals surface area contributed by atoms with Gasteiger partial charge in [-0.25, -0.2) is 0 Å². The van der Waals surface area contributed by atoms with Crippen LogP contribution in [0.25, 0.3) is 0 Å². The van der Waals surface area contributed by atoms with Gasteiger partial charge in [-0.15, -0.1) is 0 Å². The van der Waals surface area contributed by atoms with E-state index in [-0.39, 0.29) is 12.0 Å². The number of hydrogen-bond acceptors (Lipinski definition) is 2. The molecule has 2 rings (SSSR count). The molecule has 0 saturated carbocycles. The van der Waals surface area contributed by atoms with Crippen LogP contribution in [0.3, 0.4) is 0 Å². The number of aliphatic hydroxyl groups excluding tert-OH is 1. The molecule has 2 N–H and O–H groups in total.